The lowest BCUT2D eigenvalue weighted by Crippen LogP contribution is -2.29. The Balaban J connectivity index is 0.000000262. The molecule has 1 aliphatic heterocycles. The van der Waals surface area contributed by atoms with E-state index in [0.717, 1.165) is 19.4 Å². The molecule has 1 amide bonds. The Morgan fingerprint density at radius 1 is 1.27 bits per heavy atom. The van der Waals surface area contributed by atoms with Crippen molar-refractivity contribution in [3.05, 3.63) is 0 Å². The normalized spacial score (nSPS) is 16.3. The molecule has 0 bridgehead atoms. The fourth-order valence-corrected chi connectivity index (χ4v) is 0.933. The lowest BCUT2D eigenvalue weighted by atomic mass is 9.95. The fourth-order valence-electron chi connectivity index (χ4n) is 0.933. The smallest absolute Gasteiger partial charge is 0.222 e. The average molecular weight is 219 g/mol. The molecule has 1 fully saturated rings. The second kappa shape index (κ2) is 6.76. The zero-order chi connectivity index (χ0) is 11.9. The van der Waals surface area contributed by atoms with E-state index in [1.165, 1.54) is 0 Å². The largest absolute Gasteiger partial charge is 0.396 e. The van der Waals surface area contributed by atoms with Crippen LogP contribution in [0, 0.1) is 5.41 Å². The van der Waals surface area contributed by atoms with Crippen LogP contribution in [0.2, 0.25) is 0 Å². The summed E-state index contributed by atoms with van der Waals surface area (Å²) in [7, 11) is 1.84. The van der Waals surface area contributed by atoms with Crippen molar-refractivity contribution in [3.8, 4) is 0 Å². The minimum atomic E-state index is -0.708. The van der Waals surface area contributed by atoms with E-state index in [9.17, 15) is 4.79 Å². The lowest BCUT2D eigenvalue weighted by molar-refractivity contribution is -0.126. The molecule has 0 unspecified atom stereocenters. The molecule has 0 aromatic rings. The SMILES string of the molecule is CC(CO)(CO)CO.CN1CCCC1=O. The quantitative estimate of drug-likeness (QED) is 0.581. The minimum absolute atomic E-state index is 0.181. The van der Waals surface area contributed by atoms with Crippen LogP contribution in [-0.2, 0) is 4.79 Å². The molecule has 90 valence electrons. The van der Waals surface area contributed by atoms with E-state index in [1.807, 2.05) is 7.05 Å². The second-order valence-corrected chi connectivity index (χ2v) is 4.20. The highest BCUT2D eigenvalue weighted by Crippen LogP contribution is 2.11. The summed E-state index contributed by atoms with van der Waals surface area (Å²) in [6.45, 7) is 2.02. The van der Waals surface area contributed by atoms with E-state index in [0.29, 0.717) is 5.91 Å². The number of aliphatic hydroxyl groups excluding tert-OH is 3. The van der Waals surface area contributed by atoms with Gasteiger partial charge in [-0.05, 0) is 6.42 Å². The summed E-state index contributed by atoms with van der Waals surface area (Å²) in [6, 6.07) is 0. The number of rotatable bonds is 3. The number of likely N-dealkylation sites (tertiary alicyclic amines) is 1. The summed E-state index contributed by atoms with van der Waals surface area (Å²) in [6.07, 6.45) is 1.81. The highest BCUT2D eigenvalue weighted by Gasteiger charge is 2.20. The van der Waals surface area contributed by atoms with Crippen molar-refractivity contribution in [2.45, 2.75) is 19.8 Å². The van der Waals surface area contributed by atoms with Crippen LogP contribution in [-0.4, -0.2) is 59.5 Å². The molecule has 0 spiro atoms. The zero-order valence-corrected chi connectivity index (χ0v) is 9.44. The standard InChI is InChI=1S/C5H9NO.C5H12O3/c1-6-4-2-3-5(6)7;1-5(2-6,3-7)4-8/h2-4H2,1H3;6-8H,2-4H2,1H3. The molecule has 5 heteroatoms. The molecule has 0 saturated carbocycles. The Labute approximate surface area is 90.3 Å². The van der Waals surface area contributed by atoms with Crippen LogP contribution in [0.25, 0.3) is 0 Å². The number of amides is 1. The van der Waals surface area contributed by atoms with E-state index in [4.69, 9.17) is 15.3 Å². The highest BCUT2D eigenvalue weighted by molar-refractivity contribution is 5.77. The Bertz CT molecular complexity index is 184. The van der Waals surface area contributed by atoms with Gasteiger partial charge in [0, 0.05) is 25.4 Å². The van der Waals surface area contributed by atoms with Crippen LogP contribution in [0.3, 0.4) is 0 Å². The topological polar surface area (TPSA) is 81.0 Å². The Morgan fingerprint density at radius 2 is 1.73 bits per heavy atom. The molecular weight excluding hydrogens is 198 g/mol. The number of carbonyl (C=O) groups is 1. The molecule has 1 heterocycles. The van der Waals surface area contributed by atoms with Gasteiger partial charge >= 0.3 is 0 Å². The Morgan fingerprint density at radius 3 is 1.80 bits per heavy atom. The summed E-state index contributed by atoms with van der Waals surface area (Å²) in [5, 5.41) is 25.4. The predicted molar refractivity (Wildman–Crippen MR) is 56.2 cm³/mol. The fraction of sp³-hybridized carbons (Fsp3) is 0.900. The molecule has 0 radical (unpaired) electrons. The first kappa shape index (κ1) is 14.3. The van der Waals surface area contributed by atoms with Gasteiger partial charge in [0.2, 0.25) is 5.91 Å². The van der Waals surface area contributed by atoms with Gasteiger partial charge in [0.25, 0.3) is 0 Å². The van der Waals surface area contributed by atoms with E-state index < -0.39 is 5.41 Å². The van der Waals surface area contributed by atoms with Crippen LogP contribution in [0.15, 0.2) is 0 Å². The van der Waals surface area contributed by atoms with Crippen molar-refractivity contribution in [2.24, 2.45) is 5.41 Å². The van der Waals surface area contributed by atoms with Gasteiger partial charge in [-0.2, -0.15) is 0 Å². The molecule has 15 heavy (non-hydrogen) atoms. The maximum absolute atomic E-state index is 10.5. The minimum Gasteiger partial charge on any atom is -0.396 e. The first-order chi connectivity index (χ1) is 6.99. The van der Waals surface area contributed by atoms with Crippen LogP contribution in [0.5, 0.6) is 0 Å². The first-order valence-electron chi connectivity index (χ1n) is 5.05. The third kappa shape index (κ3) is 5.11. The van der Waals surface area contributed by atoms with Gasteiger partial charge in [-0.15, -0.1) is 0 Å². The van der Waals surface area contributed by atoms with Crippen LogP contribution >= 0.6 is 0 Å². The molecule has 0 aromatic carbocycles. The van der Waals surface area contributed by atoms with Crippen molar-refractivity contribution in [2.75, 3.05) is 33.4 Å². The van der Waals surface area contributed by atoms with E-state index in [-0.39, 0.29) is 19.8 Å². The lowest BCUT2D eigenvalue weighted by Gasteiger charge is -2.20. The van der Waals surface area contributed by atoms with E-state index in [1.54, 1.807) is 11.8 Å². The molecule has 1 rings (SSSR count). The third-order valence-electron chi connectivity index (χ3n) is 2.46. The highest BCUT2D eigenvalue weighted by atomic mass is 16.3. The number of hydrogen-bond donors (Lipinski definition) is 3. The molecule has 1 aliphatic rings. The first-order valence-corrected chi connectivity index (χ1v) is 5.05. The summed E-state index contributed by atoms with van der Waals surface area (Å²) in [5.41, 5.74) is -0.708. The molecular formula is C10H21NO4. The summed E-state index contributed by atoms with van der Waals surface area (Å²) in [5.74, 6) is 0.292. The van der Waals surface area contributed by atoms with Crippen molar-refractivity contribution in [1.29, 1.82) is 0 Å². The third-order valence-corrected chi connectivity index (χ3v) is 2.46. The zero-order valence-electron chi connectivity index (χ0n) is 9.44. The molecule has 0 aromatic heterocycles. The van der Waals surface area contributed by atoms with Gasteiger partial charge in [-0.3, -0.25) is 4.79 Å². The van der Waals surface area contributed by atoms with Crippen LogP contribution in [0.4, 0.5) is 0 Å². The molecule has 3 N–H and O–H groups in total. The van der Waals surface area contributed by atoms with Crippen LogP contribution < -0.4 is 0 Å². The molecule has 5 nitrogen and oxygen atoms in total. The van der Waals surface area contributed by atoms with Crippen LogP contribution in [0.1, 0.15) is 19.8 Å². The van der Waals surface area contributed by atoms with E-state index in [2.05, 4.69) is 0 Å². The maximum Gasteiger partial charge on any atom is 0.222 e. The summed E-state index contributed by atoms with van der Waals surface area (Å²) < 4.78 is 0. The van der Waals surface area contributed by atoms with Crippen molar-refractivity contribution in [1.82, 2.24) is 4.90 Å². The maximum atomic E-state index is 10.5. The number of aliphatic hydroxyl groups is 3. The van der Waals surface area contributed by atoms with Gasteiger partial charge in [-0.25, -0.2) is 0 Å². The number of nitrogens with zero attached hydrogens (tertiary/aromatic N) is 1. The second-order valence-electron chi connectivity index (χ2n) is 4.20. The van der Waals surface area contributed by atoms with E-state index >= 15 is 0 Å². The molecule has 0 atom stereocenters. The van der Waals surface area contributed by atoms with Gasteiger partial charge < -0.3 is 20.2 Å². The Kier molecular flexibility index (Phi) is 6.47. The monoisotopic (exact) mass is 219 g/mol. The molecule has 1 saturated heterocycles. The van der Waals surface area contributed by atoms with Crippen molar-refractivity contribution < 1.29 is 20.1 Å². The average Bonchev–Trinajstić information content (AvgIpc) is 2.63. The summed E-state index contributed by atoms with van der Waals surface area (Å²) >= 11 is 0. The number of carbonyl (C=O) groups excluding carboxylic acids is 1. The Hall–Kier alpha value is -0.650. The van der Waals surface area contributed by atoms with Gasteiger partial charge in [0.15, 0.2) is 0 Å². The van der Waals surface area contributed by atoms with Crippen molar-refractivity contribution >= 4 is 5.91 Å². The van der Waals surface area contributed by atoms with Gasteiger partial charge in [0.05, 0.1) is 19.8 Å². The summed E-state index contributed by atoms with van der Waals surface area (Å²) in [4.78, 5) is 12.3. The van der Waals surface area contributed by atoms with Gasteiger partial charge in [0.1, 0.15) is 0 Å². The molecule has 0 aliphatic carbocycles. The predicted octanol–water partition coefficient (Wildman–Crippen LogP) is -0.792. The number of hydrogen-bond acceptors (Lipinski definition) is 4. The van der Waals surface area contributed by atoms with Gasteiger partial charge in [-0.1, -0.05) is 6.92 Å². The van der Waals surface area contributed by atoms with Crippen molar-refractivity contribution in [3.63, 3.8) is 0 Å².